The molecule has 1 unspecified atom stereocenters. The molecule has 6 heteroatoms. The van der Waals surface area contributed by atoms with Gasteiger partial charge in [-0.2, -0.15) is 16.9 Å². The molecule has 2 aromatic rings. The van der Waals surface area contributed by atoms with E-state index in [9.17, 15) is 0 Å². The van der Waals surface area contributed by atoms with Crippen LogP contribution < -0.4 is 5.32 Å². The maximum Gasteiger partial charge on any atom is 0.185 e. The molecule has 0 radical (unpaired) electrons. The molecule has 0 spiro atoms. The van der Waals surface area contributed by atoms with Crippen LogP contribution in [0, 0.1) is 6.92 Å². The number of aromatic nitrogens is 3. The first kappa shape index (κ1) is 10.4. The first-order valence-electron chi connectivity index (χ1n) is 5.38. The van der Waals surface area contributed by atoms with Crippen molar-refractivity contribution in [3.05, 3.63) is 5.69 Å². The van der Waals surface area contributed by atoms with Crippen LogP contribution in [-0.4, -0.2) is 32.3 Å². The molecule has 1 saturated heterocycles. The Morgan fingerprint density at radius 2 is 2.38 bits per heavy atom. The molecular formula is C10H14N4S2. The summed E-state index contributed by atoms with van der Waals surface area (Å²) in [4.78, 5) is 4.60. The maximum atomic E-state index is 4.60. The molecule has 16 heavy (non-hydrogen) atoms. The lowest BCUT2D eigenvalue weighted by Crippen LogP contribution is -2.17. The average molecular weight is 254 g/mol. The normalized spacial score (nSPS) is 20.8. The molecule has 0 bridgehead atoms. The van der Waals surface area contributed by atoms with Gasteiger partial charge in [0.15, 0.2) is 10.8 Å². The van der Waals surface area contributed by atoms with Crippen molar-refractivity contribution < 1.29 is 0 Å². The molecule has 1 N–H and O–H groups in total. The van der Waals surface area contributed by atoms with Gasteiger partial charge < -0.3 is 5.32 Å². The van der Waals surface area contributed by atoms with E-state index in [0.29, 0.717) is 6.04 Å². The standard InChI is InChI=1S/C10H14N4S2/c1-6-8-9(14(2)13-6)12-10(16-8)11-7-3-4-15-5-7/h7H,3-5H2,1-2H3,(H,11,12). The van der Waals surface area contributed by atoms with Crippen molar-refractivity contribution in [2.75, 3.05) is 16.8 Å². The van der Waals surface area contributed by atoms with E-state index in [4.69, 9.17) is 0 Å². The number of anilines is 1. The minimum absolute atomic E-state index is 0.596. The van der Waals surface area contributed by atoms with E-state index in [1.807, 2.05) is 30.4 Å². The first-order chi connectivity index (χ1) is 7.74. The first-order valence-corrected chi connectivity index (χ1v) is 7.35. The summed E-state index contributed by atoms with van der Waals surface area (Å²) in [6.45, 7) is 2.04. The van der Waals surface area contributed by atoms with E-state index in [1.165, 1.54) is 22.6 Å². The highest BCUT2D eigenvalue weighted by Crippen LogP contribution is 2.30. The van der Waals surface area contributed by atoms with E-state index in [0.717, 1.165) is 16.5 Å². The fourth-order valence-electron chi connectivity index (χ4n) is 1.97. The number of hydrogen-bond donors (Lipinski definition) is 1. The molecule has 3 rings (SSSR count). The highest BCUT2D eigenvalue weighted by molar-refractivity contribution is 7.99. The van der Waals surface area contributed by atoms with Crippen LogP contribution in [0.15, 0.2) is 0 Å². The van der Waals surface area contributed by atoms with E-state index in [-0.39, 0.29) is 0 Å². The third-order valence-corrected chi connectivity index (χ3v) is 5.05. The Kier molecular flexibility index (Phi) is 2.55. The number of rotatable bonds is 2. The fraction of sp³-hybridized carbons (Fsp3) is 0.600. The van der Waals surface area contributed by atoms with Gasteiger partial charge >= 0.3 is 0 Å². The zero-order chi connectivity index (χ0) is 11.1. The van der Waals surface area contributed by atoms with Gasteiger partial charge in [0, 0.05) is 18.8 Å². The molecule has 3 heterocycles. The monoisotopic (exact) mass is 254 g/mol. The number of nitrogens with one attached hydrogen (secondary N) is 1. The quantitative estimate of drug-likeness (QED) is 0.892. The smallest absolute Gasteiger partial charge is 0.185 e. The molecule has 1 aliphatic rings. The molecule has 1 fully saturated rings. The number of hydrogen-bond acceptors (Lipinski definition) is 5. The van der Waals surface area contributed by atoms with Gasteiger partial charge in [-0.3, -0.25) is 0 Å². The van der Waals surface area contributed by atoms with Gasteiger partial charge in [0.05, 0.1) is 10.4 Å². The van der Waals surface area contributed by atoms with Crippen molar-refractivity contribution >= 4 is 38.6 Å². The summed E-state index contributed by atoms with van der Waals surface area (Å²) in [7, 11) is 1.95. The molecule has 0 amide bonds. The van der Waals surface area contributed by atoms with Gasteiger partial charge in [0.1, 0.15) is 0 Å². The molecule has 0 saturated carbocycles. The van der Waals surface area contributed by atoms with Crippen molar-refractivity contribution in [2.24, 2.45) is 7.05 Å². The number of thiazole rings is 1. The third kappa shape index (κ3) is 1.69. The van der Waals surface area contributed by atoms with Crippen LogP contribution in [0.2, 0.25) is 0 Å². The van der Waals surface area contributed by atoms with Gasteiger partial charge in [0.2, 0.25) is 0 Å². The summed E-state index contributed by atoms with van der Waals surface area (Å²) in [5, 5.41) is 8.91. The van der Waals surface area contributed by atoms with Crippen molar-refractivity contribution in [2.45, 2.75) is 19.4 Å². The molecule has 0 aliphatic carbocycles. The predicted octanol–water partition coefficient (Wildman–Crippen LogP) is 2.26. The minimum atomic E-state index is 0.596. The summed E-state index contributed by atoms with van der Waals surface area (Å²) in [6.07, 6.45) is 1.25. The van der Waals surface area contributed by atoms with Gasteiger partial charge in [-0.05, 0) is 19.1 Å². The second kappa shape index (κ2) is 3.92. The van der Waals surface area contributed by atoms with Crippen molar-refractivity contribution in [3.8, 4) is 0 Å². The summed E-state index contributed by atoms with van der Waals surface area (Å²) in [5.74, 6) is 2.47. The SMILES string of the molecule is Cc1nn(C)c2nc(NC3CCSC3)sc12. The third-order valence-electron chi connectivity index (χ3n) is 2.80. The van der Waals surface area contributed by atoms with Gasteiger partial charge in [-0.15, -0.1) is 0 Å². The lowest BCUT2D eigenvalue weighted by atomic mass is 10.3. The lowest BCUT2D eigenvalue weighted by molar-refractivity contribution is 0.771. The summed E-state index contributed by atoms with van der Waals surface area (Å²) >= 11 is 3.73. The predicted molar refractivity (Wildman–Crippen MR) is 70.5 cm³/mol. The van der Waals surface area contributed by atoms with Gasteiger partial charge in [-0.1, -0.05) is 11.3 Å². The van der Waals surface area contributed by atoms with Crippen LogP contribution >= 0.6 is 23.1 Å². The van der Waals surface area contributed by atoms with Crippen LogP contribution in [0.3, 0.4) is 0 Å². The highest BCUT2D eigenvalue weighted by Gasteiger charge is 2.18. The summed E-state index contributed by atoms with van der Waals surface area (Å²) in [6, 6.07) is 0.596. The average Bonchev–Trinajstić information content (AvgIpc) is 2.90. The second-order valence-electron chi connectivity index (χ2n) is 4.09. The zero-order valence-electron chi connectivity index (χ0n) is 9.36. The van der Waals surface area contributed by atoms with Crippen molar-refractivity contribution in [3.63, 3.8) is 0 Å². The van der Waals surface area contributed by atoms with Crippen molar-refractivity contribution in [1.82, 2.24) is 14.8 Å². The zero-order valence-corrected chi connectivity index (χ0v) is 11.0. The Balaban J connectivity index is 1.90. The molecule has 0 aromatic carbocycles. The molecule has 2 aromatic heterocycles. The summed E-state index contributed by atoms with van der Waals surface area (Å²) < 4.78 is 3.06. The van der Waals surface area contributed by atoms with Gasteiger partial charge in [0.25, 0.3) is 0 Å². The maximum absolute atomic E-state index is 4.60. The highest BCUT2D eigenvalue weighted by atomic mass is 32.2. The van der Waals surface area contributed by atoms with Crippen LogP contribution in [-0.2, 0) is 7.05 Å². The largest absolute Gasteiger partial charge is 0.358 e. The number of nitrogens with zero attached hydrogens (tertiary/aromatic N) is 3. The molecule has 1 atom stereocenters. The number of thioether (sulfide) groups is 1. The van der Waals surface area contributed by atoms with Crippen LogP contribution in [0.25, 0.3) is 10.3 Å². The Morgan fingerprint density at radius 1 is 1.50 bits per heavy atom. The number of fused-ring (bicyclic) bond motifs is 1. The van der Waals surface area contributed by atoms with Crippen LogP contribution in [0.5, 0.6) is 0 Å². The Morgan fingerprint density at radius 3 is 3.06 bits per heavy atom. The molecular weight excluding hydrogens is 240 g/mol. The summed E-state index contributed by atoms with van der Waals surface area (Å²) in [5.41, 5.74) is 2.07. The van der Waals surface area contributed by atoms with Crippen LogP contribution in [0.4, 0.5) is 5.13 Å². The Hall–Kier alpha value is -0.750. The molecule has 86 valence electrons. The second-order valence-corrected chi connectivity index (χ2v) is 6.23. The van der Waals surface area contributed by atoms with E-state index in [2.05, 4.69) is 15.4 Å². The molecule has 1 aliphatic heterocycles. The number of aryl methyl sites for hydroxylation is 2. The Labute approximate surface area is 102 Å². The lowest BCUT2D eigenvalue weighted by Gasteiger charge is -2.08. The van der Waals surface area contributed by atoms with E-state index < -0.39 is 0 Å². The van der Waals surface area contributed by atoms with Crippen LogP contribution in [0.1, 0.15) is 12.1 Å². The van der Waals surface area contributed by atoms with E-state index >= 15 is 0 Å². The van der Waals surface area contributed by atoms with E-state index in [1.54, 1.807) is 11.3 Å². The Bertz CT molecular complexity index is 476. The van der Waals surface area contributed by atoms with Gasteiger partial charge in [-0.25, -0.2) is 9.67 Å². The fourth-order valence-corrected chi connectivity index (χ4v) is 4.13. The topological polar surface area (TPSA) is 42.7 Å². The molecule has 4 nitrogen and oxygen atoms in total. The van der Waals surface area contributed by atoms with Crippen molar-refractivity contribution in [1.29, 1.82) is 0 Å². The minimum Gasteiger partial charge on any atom is -0.358 e.